The third kappa shape index (κ3) is 0.598. The zero-order chi connectivity index (χ0) is 8.29. The van der Waals surface area contributed by atoms with Gasteiger partial charge in [-0.1, -0.05) is 6.58 Å². The normalized spacial score (nSPS) is 49.7. The SMILES string of the molecule is C=C1NC(=O)C2C3CCC(C3)C12. The van der Waals surface area contributed by atoms with Crippen molar-refractivity contribution < 1.29 is 4.79 Å². The Kier molecular flexibility index (Phi) is 1.07. The first-order valence-corrected chi connectivity index (χ1v) is 4.77. The van der Waals surface area contributed by atoms with Crippen molar-refractivity contribution in [1.29, 1.82) is 0 Å². The molecule has 2 bridgehead atoms. The minimum atomic E-state index is 0.247. The van der Waals surface area contributed by atoms with Gasteiger partial charge in [-0.3, -0.25) is 4.79 Å². The Morgan fingerprint density at radius 1 is 1.25 bits per heavy atom. The molecule has 0 spiro atoms. The Labute approximate surface area is 72.0 Å². The van der Waals surface area contributed by atoms with Gasteiger partial charge in [-0.15, -0.1) is 0 Å². The second-order valence-corrected chi connectivity index (χ2v) is 4.40. The fourth-order valence-corrected chi connectivity index (χ4v) is 3.49. The molecule has 2 saturated carbocycles. The zero-order valence-corrected chi connectivity index (χ0v) is 7.05. The number of hydrogen-bond donors (Lipinski definition) is 1. The van der Waals surface area contributed by atoms with Gasteiger partial charge in [-0.05, 0) is 31.1 Å². The molecule has 0 aromatic heterocycles. The molecule has 1 saturated heterocycles. The first-order valence-electron chi connectivity index (χ1n) is 4.77. The van der Waals surface area contributed by atoms with Crippen LogP contribution in [0.15, 0.2) is 12.3 Å². The monoisotopic (exact) mass is 163 g/mol. The number of nitrogens with one attached hydrogen (secondary N) is 1. The third-order valence-electron chi connectivity index (χ3n) is 3.91. The van der Waals surface area contributed by atoms with E-state index in [0.717, 1.165) is 11.6 Å². The zero-order valence-electron chi connectivity index (χ0n) is 7.05. The Hall–Kier alpha value is -0.790. The maximum Gasteiger partial charge on any atom is 0.228 e. The van der Waals surface area contributed by atoms with E-state index in [1.165, 1.54) is 19.3 Å². The van der Waals surface area contributed by atoms with Gasteiger partial charge < -0.3 is 5.32 Å². The van der Waals surface area contributed by atoms with Crippen LogP contribution in [0.2, 0.25) is 0 Å². The maximum absolute atomic E-state index is 11.5. The summed E-state index contributed by atoms with van der Waals surface area (Å²) in [5, 5.41) is 2.89. The van der Waals surface area contributed by atoms with Gasteiger partial charge in [0.2, 0.25) is 5.91 Å². The minimum Gasteiger partial charge on any atom is -0.330 e. The summed E-state index contributed by atoms with van der Waals surface area (Å²) >= 11 is 0. The Morgan fingerprint density at radius 3 is 2.58 bits per heavy atom. The van der Waals surface area contributed by atoms with Gasteiger partial charge in [0.05, 0.1) is 0 Å². The highest BCUT2D eigenvalue weighted by molar-refractivity contribution is 5.85. The van der Waals surface area contributed by atoms with E-state index in [2.05, 4.69) is 11.9 Å². The van der Waals surface area contributed by atoms with E-state index in [1.54, 1.807) is 0 Å². The summed E-state index contributed by atoms with van der Waals surface area (Å²) < 4.78 is 0. The molecule has 2 heteroatoms. The maximum atomic E-state index is 11.5. The van der Waals surface area contributed by atoms with Crippen LogP contribution in [0.5, 0.6) is 0 Å². The summed E-state index contributed by atoms with van der Waals surface area (Å²) in [6.45, 7) is 3.93. The average molecular weight is 163 g/mol. The molecular weight excluding hydrogens is 150 g/mol. The van der Waals surface area contributed by atoms with E-state index < -0.39 is 0 Å². The molecule has 4 atom stereocenters. The fraction of sp³-hybridized carbons (Fsp3) is 0.700. The summed E-state index contributed by atoms with van der Waals surface area (Å²) in [6.07, 6.45) is 3.87. The molecule has 0 aromatic carbocycles. The van der Waals surface area contributed by atoms with Crippen LogP contribution in [0.25, 0.3) is 0 Å². The lowest BCUT2D eigenvalue weighted by atomic mass is 9.80. The molecule has 1 heterocycles. The molecule has 0 radical (unpaired) electrons. The van der Waals surface area contributed by atoms with Crippen molar-refractivity contribution in [3.63, 3.8) is 0 Å². The predicted octanol–water partition coefficient (Wildman–Crippen LogP) is 1.29. The summed E-state index contributed by atoms with van der Waals surface area (Å²) in [5.74, 6) is 2.50. The Bertz CT molecular complexity index is 245. The molecule has 2 nitrogen and oxygen atoms in total. The Balaban J connectivity index is 2.03. The molecule has 64 valence electrons. The van der Waals surface area contributed by atoms with Gasteiger partial charge in [-0.25, -0.2) is 0 Å². The number of fused-ring (bicyclic) bond motifs is 5. The average Bonchev–Trinajstić information content (AvgIpc) is 2.64. The van der Waals surface area contributed by atoms with Crippen molar-refractivity contribution in [1.82, 2.24) is 5.32 Å². The van der Waals surface area contributed by atoms with Crippen LogP contribution >= 0.6 is 0 Å². The van der Waals surface area contributed by atoms with Crippen LogP contribution in [-0.2, 0) is 4.79 Å². The van der Waals surface area contributed by atoms with Gasteiger partial charge in [0.1, 0.15) is 0 Å². The first kappa shape index (κ1) is 6.70. The molecule has 1 N–H and O–H groups in total. The molecule has 3 rings (SSSR count). The van der Waals surface area contributed by atoms with Crippen LogP contribution in [0.1, 0.15) is 19.3 Å². The van der Waals surface area contributed by atoms with Gasteiger partial charge in [0.25, 0.3) is 0 Å². The van der Waals surface area contributed by atoms with Crippen LogP contribution in [-0.4, -0.2) is 5.91 Å². The molecule has 1 amide bonds. The van der Waals surface area contributed by atoms with Crippen molar-refractivity contribution in [3.05, 3.63) is 12.3 Å². The summed E-state index contributed by atoms with van der Waals surface area (Å²) in [7, 11) is 0. The molecule has 2 aliphatic carbocycles. The Morgan fingerprint density at radius 2 is 1.92 bits per heavy atom. The molecule has 3 fully saturated rings. The van der Waals surface area contributed by atoms with Crippen molar-refractivity contribution in [2.45, 2.75) is 19.3 Å². The smallest absolute Gasteiger partial charge is 0.228 e. The second-order valence-electron chi connectivity index (χ2n) is 4.40. The van der Waals surface area contributed by atoms with E-state index in [0.29, 0.717) is 17.8 Å². The highest BCUT2D eigenvalue weighted by Crippen LogP contribution is 2.56. The van der Waals surface area contributed by atoms with Crippen molar-refractivity contribution in [3.8, 4) is 0 Å². The second kappa shape index (κ2) is 1.93. The fourth-order valence-electron chi connectivity index (χ4n) is 3.49. The van der Waals surface area contributed by atoms with Crippen LogP contribution in [0, 0.1) is 23.7 Å². The van der Waals surface area contributed by atoms with Crippen molar-refractivity contribution >= 4 is 5.91 Å². The lowest BCUT2D eigenvalue weighted by Crippen LogP contribution is -2.24. The van der Waals surface area contributed by atoms with Crippen molar-refractivity contribution in [2.24, 2.45) is 23.7 Å². The summed E-state index contributed by atoms with van der Waals surface area (Å²) in [5.41, 5.74) is 0.997. The highest BCUT2D eigenvalue weighted by atomic mass is 16.2. The van der Waals surface area contributed by atoms with Crippen LogP contribution < -0.4 is 5.32 Å². The van der Waals surface area contributed by atoms with Gasteiger partial charge in [0, 0.05) is 17.5 Å². The van der Waals surface area contributed by atoms with Crippen LogP contribution in [0.3, 0.4) is 0 Å². The number of carbonyl (C=O) groups is 1. The standard InChI is InChI=1S/C10H13NO/c1-5-8-6-2-3-7(4-6)9(8)10(12)11-5/h6-9H,1-4H2,(H,11,12). The van der Waals surface area contributed by atoms with E-state index >= 15 is 0 Å². The van der Waals surface area contributed by atoms with E-state index in [9.17, 15) is 4.79 Å². The molecule has 0 aromatic rings. The number of allylic oxidation sites excluding steroid dienone is 1. The van der Waals surface area contributed by atoms with Gasteiger partial charge >= 0.3 is 0 Å². The number of rotatable bonds is 0. The van der Waals surface area contributed by atoms with Gasteiger partial charge in [0.15, 0.2) is 0 Å². The first-order chi connectivity index (χ1) is 5.77. The van der Waals surface area contributed by atoms with E-state index in [-0.39, 0.29) is 5.91 Å². The van der Waals surface area contributed by atoms with E-state index in [4.69, 9.17) is 0 Å². The van der Waals surface area contributed by atoms with Crippen LogP contribution in [0.4, 0.5) is 0 Å². The summed E-state index contributed by atoms with van der Waals surface area (Å²) in [6, 6.07) is 0. The molecule has 12 heavy (non-hydrogen) atoms. The quantitative estimate of drug-likeness (QED) is 0.573. The lowest BCUT2D eigenvalue weighted by Gasteiger charge is -2.21. The highest BCUT2D eigenvalue weighted by Gasteiger charge is 2.55. The number of hydrogen-bond acceptors (Lipinski definition) is 1. The molecule has 4 unspecified atom stereocenters. The number of carbonyl (C=O) groups excluding carboxylic acids is 1. The third-order valence-corrected chi connectivity index (χ3v) is 3.91. The van der Waals surface area contributed by atoms with Gasteiger partial charge in [-0.2, -0.15) is 0 Å². The number of amides is 1. The molecular formula is C10H13NO. The summed E-state index contributed by atoms with van der Waals surface area (Å²) in [4.78, 5) is 11.5. The topological polar surface area (TPSA) is 29.1 Å². The molecule has 3 aliphatic rings. The largest absolute Gasteiger partial charge is 0.330 e. The van der Waals surface area contributed by atoms with Crippen molar-refractivity contribution in [2.75, 3.05) is 0 Å². The van der Waals surface area contributed by atoms with E-state index in [1.807, 2.05) is 0 Å². The molecule has 1 aliphatic heterocycles. The minimum absolute atomic E-state index is 0.247. The predicted molar refractivity (Wildman–Crippen MR) is 45.1 cm³/mol. The lowest BCUT2D eigenvalue weighted by molar-refractivity contribution is -0.124.